The second-order valence-electron chi connectivity index (χ2n) is 19.4. The van der Waals surface area contributed by atoms with Crippen LogP contribution in [0.25, 0.3) is 0 Å². The molecule has 2 unspecified atom stereocenters. The number of fused-ring (bicyclic) bond motifs is 4. The van der Waals surface area contributed by atoms with Crippen molar-refractivity contribution >= 4 is 58.5 Å². The number of carbonyl (C=O) groups excluding carboxylic acids is 6. The summed E-state index contributed by atoms with van der Waals surface area (Å²) in [6.45, 7) is 14.1. The largest absolute Gasteiger partial charge is 0.514 e. The lowest BCUT2D eigenvalue weighted by atomic mass is 9.79. The van der Waals surface area contributed by atoms with Crippen LogP contribution in [0.2, 0.25) is 0 Å². The minimum absolute atomic E-state index is 0.0875. The molecule has 3 fully saturated rings. The number of esters is 1. The van der Waals surface area contributed by atoms with Crippen molar-refractivity contribution in [2.24, 2.45) is 17.8 Å². The number of amides is 4. The quantitative estimate of drug-likeness (QED) is 0.118. The first-order valence-electron chi connectivity index (χ1n) is 23.3. The number of nitrogens with one attached hydrogen (secondary N) is 2. The van der Waals surface area contributed by atoms with Gasteiger partial charge >= 0.3 is 18.2 Å². The number of hydrazine groups is 1. The Morgan fingerprint density at radius 2 is 1.72 bits per heavy atom. The highest BCUT2D eigenvalue weighted by molar-refractivity contribution is 14.1. The fourth-order valence-corrected chi connectivity index (χ4v) is 9.12. The van der Waals surface area contributed by atoms with Crippen LogP contribution >= 0.6 is 22.6 Å². The van der Waals surface area contributed by atoms with Gasteiger partial charge in [-0.05, 0) is 92.7 Å². The molecule has 68 heavy (non-hydrogen) atoms. The Balaban J connectivity index is 1.44. The van der Waals surface area contributed by atoms with Gasteiger partial charge < -0.3 is 33.7 Å². The van der Waals surface area contributed by atoms with Crippen molar-refractivity contribution in [2.75, 3.05) is 6.54 Å². The van der Waals surface area contributed by atoms with E-state index in [1.165, 1.54) is 17.1 Å². The molecular weight excluding hydrogens is 987 g/mol. The van der Waals surface area contributed by atoms with Crippen molar-refractivity contribution in [1.29, 1.82) is 0 Å². The predicted molar refractivity (Wildman–Crippen MR) is 260 cm³/mol. The van der Waals surface area contributed by atoms with Gasteiger partial charge in [0.15, 0.2) is 5.79 Å². The number of ether oxygens (including phenoxy) is 6. The Morgan fingerprint density at radius 3 is 2.43 bits per heavy atom. The van der Waals surface area contributed by atoms with Crippen LogP contribution in [0.15, 0.2) is 88.6 Å². The molecule has 4 amide bonds. The van der Waals surface area contributed by atoms with Crippen LogP contribution in [-0.2, 0) is 55.9 Å². The molecule has 5 bridgehead atoms. The first-order chi connectivity index (χ1) is 32.3. The van der Waals surface area contributed by atoms with Gasteiger partial charge in [-0.15, -0.1) is 0 Å². The summed E-state index contributed by atoms with van der Waals surface area (Å²) in [4.78, 5) is 87.5. The number of hydrogen-bond acceptors (Lipinski definition) is 13. The topological polar surface area (TPSA) is 188 Å². The summed E-state index contributed by atoms with van der Waals surface area (Å²) in [7, 11) is 0. The molecule has 0 aromatic heterocycles. The highest BCUT2D eigenvalue weighted by Crippen LogP contribution is 2.44. The van der Waals surface area contributed by atoms with Gasteiger partial charge in [-0.25, -0.2) is 19.9 Å². The number of benzene rings is 2. The molecule has 0 aliphatic carbocycles. The fourth-order valence-electron chi connectivity index (χ4n) is 8.72. The average Bonchev–Trinajstić information content (AvgIpc) is 3.29. The number of halogens is 1. The van der Waals surface area contributed by atoms with Crippen molar-refractivity contribution in [3.05, 3.63) is 99.7 Å². The maximum absolute atomic E-state index is 15.4. The Bertz CT molecular complexity index is 2240. The van der Waals surface area contributed by atoms with Crippen LogP contribution < -0.4 is 15.5 Å². The van der Waals surface area contributed by atoms with Crippen LogP contribution in [-0.4, -0.2) is 100 Å². The van der Waals surface area contributed by atoms with Gasteiger partial charge in [-0.1, -0.05) is 110 Å². The van der Waals surface area contributed by atoms with E-state index < -0.39 is 95.6 Å². The van der Waals surface area contributed by atoms with E-state index in [4.69, 9.17) is 28.4 Å². The Morgan fingerprint density at radius 1 is 0.985 bits per heavy atom. The third kappa shape index (κ3) is 13.6. The van der Waals surface area contributed by atoms with E-state index in [0.29, 0.717) is 43.2 Å². The van der Waals surface area contributed by atoms with Gasteiger partial charge in [-0.3, -0.25) is 24.2 Å². The first kappa shape index (κ1) is 52.3. The fraction of sp³-hybridized carbons (Fsp3) is 0.529. The van der Waals surface area contributed by atoms with Crippen LogP contribution in [0.1, 0.15) is 98.6 Å². The molecule has 2 aromatic carbocycles. The maximum atomic E-state index is 15.4. The summed E-state index contributed by atoms with van der Waals surface area (Å²) in [6.07, 6.45) is 5.46. The van der Waals surface area contributed by atoms with Gasteiger partial charge in [0.25, 0.3) is 11.8 Å². The Labute approximate surface area is 412 Å². The van der Waals surface area contributed by atoms with Crippen molar-refractivity contribution in [2.45, 2.75) is 148 Å². The van der Waals surface area contributed by atoms with E-state index >= 15 is 9.59 Å². The number of cyclic esters (lactones) is 1. The van der Waals surface area contributed by atoms with E-state index in [2.05, 4.69) is 33.3 Å². The lowest BCUT2D eigenvalue weighted by Gasteiger charge is -2.51. The second kappa shape index (κ2) is 23.0. The summed E-state index contributed by atoms with van der Waals surface area (Å²) in [5.41, 5.74) is 4.05. The summed E-state index contributed by atoms with van der Waals surface area (Å²) >= 11 is 2.11. The number of imide groups is 1. The number of rotatable bonds is 7. The number of carbonyl (C=O) groups is 6. The zero-order valence-corrected chi connectivity index (χ0v) is 42.3. The van der Waals surface area contributed by atoms with Crippen LogP contribution in [0.4, 0.5) is 9.59 Å². The average molecular weight is 1050 g/mol. The van der Waals surface area contributed by atoms with Gasteiger partial charge in [0.2, 0.25) is 5.91 Å². The molecule has 3 saturated heterocycles. The minimum atomic E-state index is -1.62. The van der Waals surface area contributed by atoms with E-state index in [9.17, 15) is 19.2 Å². The molecule has 2 aromatic rings. The zero-order valence-electron chi connectivity index (χ0n) is 40.1. The second-order valence-corrected chi connectivity index (χ2v) is 20.0. The van der Waals surface area contributed by atoms with E-state index in [0.717, 1.165) is 10.5 Å². The van der Waals surface area contributed by atoms with Crippen LogP contribution in [0.5, 0.6) is 5.75 Å². The molecule has 9 atom stereocenters. The molecule has 4 aliphatic heterocycles. The van der Waals surface area contributed by atoms with Gasteiger partial charge in [-0.2, -0.15) is 0 Å². The molecule has 16 nitrogen and oxygen atoms in total. The molecule has 368 valence electrons. The van der Waals surface area contributed by atoms with E-state index in [1.54, 1.807) is 71.0 Å². The number of allylic oxidation sites excluding steroid dienone is 2. The molecule has 17 heteroatoms. The summed E-state index contributed by atoms with van der Waals surface area (Å²) < 4.78 is 37.6. The van der Waals surface area contributed by atoms with Crippen molar-refractivity contribution in [3.8, 4) is 5.75 Å². The normalized spacial score (nSPS) is 29.8. The number of hydrogen-bond donors (Lipinski definition) is 2. The molecule has 0 spiro atoms. The maximum Gasteiger partial charge on any atom is 0.514 e. The van der Waals surface area contributed by atoms with Gasteiger partial charge in [0.05, 0.1) is 18.1 Å². The van der Waals surface area contributed by atoms with Crippen molar-refractivity contribution in [3.63, 3.8) is 0 Å². The summed E-state index contributed by atoms with van der Waals surface area (Å²) in [6, 6.07) is 11.3. The Hall–Kier alpha value is -5.11. The van der Waals surface area contributed by atoms with E-state index in [1.807, 2.05) is 55.2 Å². The van der Waals surface area contributed by atoms with Crippen molar-refractivity contribution in [1.82, 2.24) is 20.7 Å². The highest BCUT2D eigenvalue weighted by Gasteiger charge is 2.52. The predicted octanol–water partition coefficient (Wildman–Crippen LogP) is 8.03. The zero-order chi connectivity index (χ0) is 49.3. The van der Waals surface area contributed by atoms with Crippen molar-refractivity contribution < 1.29 is 57.2 Å². The third-order valence-electron chi connectivity index (χ3n) is 12.4. The lowest BCUT2D eigenvalue weighted by molar-refractivity contribution is -0.344. The molecule has 2 N–H and O–H groups in total. The monoisotopic (exact) mass is 1050 g/mol. The molecule has 0 radical (unpaired) electrons. The van der Waals surface area contributed by atoms with Crippen LogP contribution in [0, 0.1) is 17.8 Å². The van der Waals surface area contributed by atoms with E-state index in [-0.39, 0.29) is 31.2 Å². The molecule has 6 rings (SSSR count). The highest BCUT2D eigenvalue weighted by atomic mass is 127. The SMILES string of the molecule is C/C(=C\I)C1C/C=C/C=C/[C@@H]2OC3(C)CC[C@@H](C(=O)N[C@@H](C(C)C)C(=O)N(C(=O)OCc4ccccc4)[C@@H](Cc4cccc(OC(=O)OC(C)(C)C)c4)C(=O)N4CCC[C@H](N4)C(=O)O1)[C@H](O3)[C@H]2C. The first-order valence-corrected chi connectivity index (χ1v) is 24.6. The standard InChI is InChI=1S/C51H65IN4O12/c1-31(2)42-46(59)56(48(61)63-30-34-17-11-9-12-18-34)39(28-35-19-15-20-36(27-35)64-49(62)68-50(5,6)7)45(58)55-26-16-21-38(54-55)47(60)65-40(32(3)29-52)22-13-10-14-23-41-33(4)43-37(44(57)53-42)24-25-51(8,66-41)67-43/h9-15,17-20,23,27,29,31,33,37-43,54H,16,21-22,24-26,28,30H2,1-8H3,(H,53,57)/b13-10+,23-14+,32-29+/t33-,37+,38-,39-,40?,41-,42-,43+,51?/m0/s1. The lowest BCUT2D eigenvalue weighted by Crippen LogP contribution is -2.65. The number of nitrogens with zero attached hydrogens (tertiary/aromatic N) is 2. The Kier molecular flexibility index (Phi) is 17.7. The summed E-state index contributed by atoms with van der Waals surface area (Å²) in [5.74, 6) is -5.09. The third-order valence-corrected chi connectivity index (χ3v) is 13.4. The van der Waals surface area contributed by atoms with Gasteiger partial charge in [0, 0.05) is 31.7 Å². The molecule has 4 aliphatic rings. The van der Waals surface area contributed by atoms with Gasteiger partial charge in [0.1, 0.15) is 42.2 Å². The minimum Gasteiger partial charge on any atom is -0.456 e. The summed E-state index contributed by atoms with van der Waals surface area (Å²) in [5, 5.41) is 4.21. The van der Waals surface area contributed by atoms with Crippen LogP contribution in [0.3, 0.4) is 0 Å². The molecular formula is C51H65IN4O12. The molecule has 4 heterocycles. The smallest absolute Gasteiger partial charge is 0.456 e. The molecule has 0 saturated carbocycles.